The predicted molar refractivity (Wildman–Crippen MR) is 135 cm³/mol. The molecule has 1 unspecified atom stereocenters. The number of thiophene rings is 1. The van der Waals surface area contributed by atoms with Crippen molar-refractivity contribution in [2.24, 2.45) is 11.8 Å². The Kier molecular flexibility index (Phi) is 5.40. The van der Waals surface area contributed by atoms with E-state index in [0.29, 0.717) is 16.5 Å². The Hall–Kier alpha value is -3.52. The van der Waals surface area contributed by atoms with Crippen molar-refractivity contribution in [1.29, 1.82) is 0 Å². The quantitative estimate of drug-likeness (QED) is 0.342. The van der Waals surface area contributed by atoms with Crippen molar-refractivity contribution in [2.75, 3.05) is 4.90 Å². The highest BCUT2D eigenvalue weighted by molar-refractivity contribution is 7.18. The van der Waals surface area contributed by atoms with E-state index in [1.54, 1.807) is 22.5 Å². The number of hydrogen-bond donors (Lipinski definition) is 0. The zero-order valence-corrected chi connectivity index (χ0v) is 20.5. The fourth-order valence-corrected chi connectivity index (χ4v) is 6.12. The molecule has 0 saturated heterocycles. The number of nitrogens with zero attached hydrogens (tertiary/aromatic N) is 4. The van der Waals surface area contributed by atoms with Crippen molar-refractivity contribution < 1.29 is 14.3 Å². The topological polar surface area (TPSA) is 76.8 Å². The highest BCUT2D eigenvalue weighted by Gasteiger charge is 2.39. The van der Waals surface area contributed by atoms with Gasteiger partial charge in [-0.25, -0.2) is 14.3 Å². The molecule has 3 aromatic heterocycles. The van der Waals surface area contributed by atoms with Gasteiger partial charge in [0.15, 0.2) is 11.9 Å². The van der Waals surface area contributed by atoms with Crippen LogP contribution in [-0.2, 0) is 9.53 Å². The van der Waals surface area contributed by atoms with Crippen LogP contribution in [0.25, 0.3) is 27.3 Å². The Bertz CT molecular complexity index is 1380. The molecule has 1 aliphatic carbocycles. The number of amides is 1. The van der Waals surface area contributed by atoms with E-state index in [1.165, 1.54) is 11.3 Å². The van der Waals surface area contributed by atoms with Crippen molar-refractivity contribution in [2.45, 2.75) is 45.8 Å². The Morgan fingerprint density at radius 3 is 2.54 bits per heavy atom. The Labute approximate surface area is 207 Å². The maximum absolute atomic E-state index is 13.5. The first-order chi connectivity index (χ1) is 17.0. The molecule has 2 aliphatic rings. The van der Waals surface area contributed by atoms with Crippen LogP contribution in [0, 0.1) is 11.8 Å². The number of aromatic nitrogens is 3. The van der Waals surface area contributed by atoms with E-state index in [4.69, 9.17) is 4.74 Å². The van der Waals surface area contributed by atoms with Crippen LogP contribution >= 0.6 is 11.3 Å². The molecule has 7 nitrogen and oxygen atoms in total. The fourth-order valence-electron chi connectivity index (χ4n) is 5.08. The zero-order valence-electron chi connectivity index (χ0n) is 19.7. The first-order valence-electron chi connectivity index (χ1n) is 12.1. The van der Waals surface area contributed by atoms with E-state index in [-0.39, 0.29) is 17.8 Å². The predicted octanol–water partition coefficient (Wildman–Crippen LogP) is 5.80. The van der Waals surface area contributed by atoms with Gasteiger partial charge in [0, 0.05) is 34.8 Å². The largest absolute Gasteiger partial charge is 0.437 e. The summed E-state index contributed by atoms with van der Waals surface area (Å²) >= 11 is 1.37. The first kappa shape index (κ1) is 22.0. The van der Waals surface area contributed by atoms with Crippen LogP contribution in [0.3, 0.4) is 0 Å². The molecule has 6 rings (SSSR count). The van der Waals surface area contributed by atoms with Crippen molar-refractivity contribution in [3.63, 3.8) is 0 Å². The monoisotopic (exact) mass is 486 g/mol. The summed E-state index contributed by atoms with van der Waals surface area (Å²) in [5.41, 5.74) is 4.28. The second kappa shape index (κ2) is 8.61. The summed E-state index contributed by atoms with van der Waals surface area (Å²) in [4.78, 5) is 33.6. The van der Waals surface area contributed by atoms with Gasteiger partial charge in [-0.1, -0.05) is 31.2 Å². The number of anilines is 1. The summed E-state index contributed by atoms with van der Waals surface area (Å²) < 4.78 is 7.33. The molecule has 4 aromatic rings. The number of cyclic esters (lactones) is 1. The van der Waals surface area contributed by atoms with Gasteiger partial charge in [0.25, 0.3) is 0 Å². The number of carbonyl (C=O) groups excluding carboxylic acids is 2. The van der Waals surface area contributed by atoms with E-state index < -0.39 is 6.23 Å². The van der Waals surface area contributed by atoms with Crippen molar-refractivity contribution in [3.05, 3.63) is 59.7 Å². The molecular weight excluding hydrogens is 460 g/mol. The van der Waals surface area contributed by atoms with Gasteiger partial charge in [-0.15, -0.1) is 11.3 Å². The van der Waals surface area contributed by atoms with Crippen molar-refractivity contribution >= 4 is 34.5 Å². The van der Waals surface area contributed by atoms with E-state index in [0.717, 1.165) is 53.0 Å². The van der Waals surface area contributed by atoms with Gasteiger partial charge in [-0.2, -0.15) is 5.10 Å². The molecule has 4 heterocycles. The third kappa shape index (κ3) is 3.91. The number of carbonyl (C=O) groups is 2. The molecule has 1 amide bonds. The third-order valence-corrected chi connectivity index (χ3v) is 8.26. The number of hydrogen-bond acceptors (Lipinski definition) is 6. The smallest absolute Gasteiger partial charge is 0.352 e. The van der Waals surface area contributed by atoms with Crippen LogP contribution in [0.5, 0.6) is 0 Å². The minimum atomic E-state index is -0.602. The molecule has 1 aliphatic heterocycles. The Morgan fingerprint density at radius 2 is 1.80 bits per heavy atom. The third-order valence-electron chi connectivity index (χ3n) is 7.10. The van der Waals surface area contributed by atoms with E-state index in [1.807, 2.05) is 48.7 Å². The molecular formula is C27H26N4O3S. The normalized spacial score (nSPS) is 22.2. The maximum Gasteiger partial charge on any atom is 0.352 e. The highest BCUT2D eigenvalue weighted by atomic mass is 32.1. The second-order valence-electron chi connectivity index (χ2n) is 9.52. The number of rotatable bonds is 3. The molecule has 0 spiro atoms. The molecule has 178 valence electrons. The molecule has 35 heavy (non-hydrogen) atoms. The van der Waals surface area contributed by atoms with Crippen molar-refractivity contribution in [1.82, 2.24) is 14.6 Å². The lowest BCUT2D eigenvalue weighted by Crippen LogP contribution is -2.48. The van der Waals surface area contributed by atoms with Gasteiger partial charge in [-0.05, 0) is 56.2 Å². The van der Waals surface area contributed by atoms with Crippen molar-refractivity contribution in [3.8, 4) is 21.7 Å². The number of fused-ring (bicyclic) bond motifs is 2. The molecule has 8 heteroatoms. The number of esters is 1. The Balaban J connectivity index is 1.30. The number of benzene rings is 1. The maximum atomic E-state index is 13.5. The SMILES string of the molecule is CC1CCC(C(=O)N2c3cc(-c4ccc(-c5cc6ncccn6n5)cc4)sc3C(=O)OC2C)CC1. The van der Waals surface area contributed by atoms with E-state index in [2.05, 4.69) is 17.0 Å². The van der Waals surface area contributed by atoms with Crippen LogP contribution in [-0.4, -0.2) is 32.7 Å². The lowest BCUT2D eigenvalue weighted by molar-refractivity contribution is -0.125. The van der Waals surface area contributed by atoms with Gasteiger partial charge in [0.2, 0.25) is 5.91 Å². The molecule has 0 bridgehead atoms. The Morgan fingerprint density at radius 1 is 1.06 bits per heavy atom. The van der Waals surface area contributed by atoms with Crippen LogP contribution in [0.4, 0.5) is 5.69 Å². The van der Waals surface area contributed by atoms with Gasteiger partial charge < -0.3 is 4.74 Å². The molecule has 0 N–H and O–H groups in total. The molecule has 0 radical (unpaired) electrons. The van der Waals surface area contributed by atoms with E-state index >= 15 is 0 Å². The average molecular weight is 487 g/mol. The van der Waals surface area contributed by atoms with Gasteiger partial charge >= 0.3 is 5.97 Å². The lowest BCUT2D eigenvalue weighted by Gasteiger charge is -2.36. The van der Waals surface area contributed by atoms with Gasteiger partial charge in [0.05, 0.1) is 11.4 Å². The fraction of sp³-hybridized carbons (Fsp3) is 0.333. The molecule has 1 fully saturated rings. The highest BCUT2D eigenvalue weighted by Crippen LogP contribution is 2.42. The summed E-state index contributed by atoms with van der Waals surface area (Å²) in [7, 11) is 0. The molecule has 1 atom stereocenters. The standard InChI is InChI=1S/C27H26N4O3S/c1-16-4-6-20(7-5-16)26(32)31-17(2)34-27(33)25-22(31)15-23(35-25)19-10-8-18(9-11-19)21-14-24-28-12-3-13-30(24)29-21/h3,8-17,20H,4-7H2,1-2H3. The first-order valence-corrected chi connectivity index (χ1v) is 12.9. The number of ether oxygens (including phenoxy) is 1. The van der Waals surface area contributed by atoms with Crippen LogP contribution in [0.1, 0.15) is 49.2 Å². The second-order valence-corrected chi connectivity index (χ2v) is 10.6. The molecule has 1 saturated carbocycles. The lowest BCUT2D eigenvalue weighted by atomic mass is 9.82. The summed E-state index contributed by atoms with van der Waals surface area (Å²) in [6, 6.07) is 13.8. The summed E-state index contributed by atoms with van der Waals surface area (Å²) in [6.07, 6.45) is 6.93. The summed E-state index contributed by atoms with van der Waals surface area (Å²) in [5.74, 6) is 0.358. The summed E-state index contributed by atoms with van der Waals surface area (Å²) in [6.45, 7) is 4.02. The van der Waals surface area contributed by atoms with Crippen LogP contribution in [0.15, 0.2) is 54.9 Å². The van der Waals surface area contributed by atoms with E-state index in [9.17, 15) is 9.59 Å². The minimum Gasteiger partial charge on any atom is -0.437 e. The molecule has 1 aromatic carbocycles. The zero-order chi connectivity index (χ0) is 24.1. The minimum absolute atomic E-state index is 0.0131. The average Bonchev–Trinajstić information content (AvgIpc) is 3.50. The van der Waals surface area contributed by atoms with Gasteiger partial charge in [0.1, 0.15) is 4.88 Å². The van der Waals surface area contributed by atoms with Crippen LogP contribution < -0.4 is 4.90 Å². The van der Waals surface area contributed by atoms with Crippen LogP contribution in [0.2, 0.25) is 0 Å². The van der Waals surface area contributed by atoms with Gasteiger partial charge in [-0.3, -0.25) is 9.69 Å². The summed E-state index contributed by atoms with van der Waals surface area (Å²) in [5, 5.41) is 4.59.